The van der Waals surface area contributed by atoms with Gasteiger partial charge in [-0.05, 0) is 47.5 Å². The summed E-state index contributed by atoms with van der Waals surface area (Å²) in [7, 11) is 0. The van der Waals surface area contributed by atoms with Gasteiger partial charge >= 0.3 is 0 Å². The van der Waals surface area contributed by atoms with Crippen LogP contribution in [0.15, 0.2) is 85.2 Å². The van der Waals surface area contributed by atoms with Gasteiger partial charge < -0.3 is 10.3 Å². The summed E-state index contributed by atoms with van der Waals surface area (Å²) < 4.78 is 14.6. The van der Waals surface area contributed by atoms with E-state index < -0.39 is 0 Å². The van der Waals surface area contributed by atoms with Gasteiger partial charge in [0.05, 0.1) is 23.1 Å². The molecule has 0 unspecified atom stereocenters. The molecule has 3 aromatic carbocycles. The van der Waals surface area contributed by atoms with Gasteiger partial charge in [0.1, 0.15) is 11.5 Å². The van der Waals surface area contributed by atoms with Crippen molar-refractivity contribution in [2.24, 2.45) is 0 Å². The van der Waals surface area contributed by atoms with Crippen LogP contribution in [0, 0.1) is 5.82 Å². The van der Waals surface area contributed by atoms with Crippen molar-refractivity contribution in [2.75, 3.05) is 5.32 Å². The molecular weight excluding hydrogens is 453 g/mol. The lowest BCUT2D eigenvalue weighted by molar-refractivity contribution is -0.115. The Kier molecular flexibility index (Phi) is 5.30. The van der Waals surface area contributed by atoms with Gasteiger partial charge in [-0.3, -0.25) is 14.9 Å². The number of rotatable bonds is 5. The van der Waals surface area contributed by atoms with Crippen LogP contribution in [0.4, 0.5) is 10.1 Å². The number of aromatic nitrogens is 4. The number of hydrogen-bond donors (Lipinski definition) is 3. The summed E-state index contributed by atoms with van der Waals surface area (Å²) in [6.07, 6.45) is 3.81. The van der Waals surface area contributed by atoms with Crippen LogP contribution in [0.2, 0.25) is 0 Å². The number of nitrogens with one attached hydrogen (secondary N) is 3. The molecule has 6 nitrogen and oxygen atoms in total. The fraction of sp³-hybridized carbons (Fsp3) is 0.0690. The Balaban J connectivity index is 1.44. The van der Waals surface area contributed by atoms with Crippen molar-refractivity contribution in [1.29, 1.82) is 0 Å². The van der Waals surface area contributed by atoms with Crippen LogP contribution in [0.5, 0.6) is 0 Å². The molecule has 0 aliphatic rings. The number of nitrogens with zero attached hydrogens (tertiary/aromatic N) is 2. The average Bonchev–Trinajstić information content (AvgIpc) is 3.52. The second-order valence-electron chi connectivity index (χ2n) is 8.63. The average molecular weight is 476 g/mol. The van der Waals surface area contributed by atoms with Gasteiger partial charge in [0.2, 0.25) is 5.91 Å². The fourth-order valence-corrected chi connectivity index (χ4v) is 4.51. The molecule has 1 amide bonds. The van der Waals surface area contributed by atoms with E-state index in [0.29, 0.717) is 17.7 Å². The highest BCUT2D eigenvalue weighted by Crippen LogP contribution is 2.36. The first-order valence-corrected chi connectivity index (χ1v) is 11.7. The molecule has 7 heteroatoms. The Labute approximate surface area is 206 Å². The van der Waals surface area contributed by atoms with Crippen LogP contribution in [0.25, 0.3) is 55.4 Å². The van der Waals surface area contributed by atoms with Crippen LogP contribution in [-0.4, -0.2) is 26.1 Å². The summed E-state index contributed by atoms with van der Waals surface area (Å²) >= 11 is 0. The van der Waals surface area contributed by atoms with Crippen LogP contribution < -0.4 is 5.32 Å². The van der Waals surface area contributed by atoms with Crippen molar-refractivity contribution in [2.45, 2.75) is 13.3 Å². The third-order valence-electron chi connectivity index (χ3n) is 6.32. The number of pyridine rings is 1. The van der Waals surface area contributed by atoms with Gasteiger partial charge in [-0.15, -0.1) is 0 Å². The zero-order valence-corrected chi connectivity index (χ0v) is 19.5. The predicted molar refractivity (Wildman–Crippen MR) is 141 cm³/mol. The highest BCUT2D eigenvalue weighted by molar-refractivity contribution is 6.02. The molecule has 0 aliphatic heterocycles. The van der Waals surface area contributed by atoms with Crippen molar-refractivity contribution in [3.05, 3.63) is 91.0 Å². The smallest absolute Gasteiger partial charge is 0.224 e. The van der Waals surface area contributed by atoms with E-state index in [-0.39, 0.29) is 11.7 Å². The Hall–Kier alpha value is -4.78. The minimum Gasteiger partial charge on any atom is -0.353 e. The number of benzene rings is 3. The van der Waals surface area contributed by atoms with Crippen molar-refractivity contribution in [3.63, 3.8) is 0 Å². The summed E-state index contributed by atoms with van der Waals surface area (Å²) in [5.41, 5.74) is 7.28. The quantitative estimate of drug-likeness (QED) is 0.253. The largest absolute Gasteiger partial charge is 0.353 e. The Bertz CT molecular complexity index is 1750. The van der Waals surface area contributed by atoms with Gasteiger partial charge in [-0.25, -0.2) is 4.39 Å². The zero-order chi connectivity index (χ0) is 24.6. The first kappa shape index (κ1) is 21.7. The van der Waals surface area contributed by atoms with Gasteiger partial charge in [-0.1, -0.05) is 43.3 Å². The second-order valence-corrected chi connectivity index (χ2v) is 8.63. The highest BCUT2D eigenvalue weighted by Gasteiger charge is 2.15. The Morgan fingerprint density at radius 3 is 2.61 bits per heavy atom. The summed E-state index contributed by atoms with van der Waals surface area (Å²) in [6, 6.07) is 22.6. The van der Waals surface area contributed by atoms with E-state index in [2.05, 4.69) is 31.5 Å². The lowest BCUT2D eigenvalue weighted by atomic mass is 10.0. The van der Waals surface area contributed by atoms with Gasteiger partial charge in [0.15, 0.2) is 0 Å². The maximum absolute atomic E-state index is 14.6. The molecule has 0 atom stereocenters. The molecule has 0 bridgehead atoms. The van der Waals surface area contributed by atoms with E-state index in [0.717, 1.165) is 49.9 Å². The van der Waals surface area contributed by atoms with E-state index in [1.807, 2.05) is 55.5 Å². The molecule has 0 spiro atoms. The Morgan fingerprint density at radius 1 is 0.889 bits per heavy atom. The first-order chi connectivity index (χ1) is 17.6. The molecule has 6 rings (SSSR count). The normalized spacial score (nSPS) is 11.3. The molecular formula is C29H22FN5O. The molecule has 36 heavy (non-hydrogen) atoms. The SMILES string of the molecule is CCC(=O)Nc1cncc(-c2ccc3[nH]nc(-c4cc5c(-c6ccccc6F)cccc5[nH]4)c3c2)c1. The summed E-state index contributed by atoms with van der Waals surface area (Å²) in [5, 5.41) is 12.4. The van der Waals surface area contributed by atoms with Gasteiger partial charge in [-0.2, -0.15) is 5.10 Å². The number of aromatic amines is 2. The van der Waals surface area contributed by atoms with Crippen LogP contribution in [0.1, 0.15) is 13.3 Å². The van der Waals surface area contributed by atoms with Crippen molar-refractivity contribution < 1.29 is 9.18 Å². The topological polar surface area (TPSA) is 86.5 Å². The molecule has 0 fully saturated rings. The summed E-state index contributed by atoms with van der Waals surface area (Å²) in [5.74, 6) is -0.316. The van der Waals surface area contributed by atoms with Crippen LogP contribution >= 0.6 is 0 Å². The number of carbonyl (C=O) groups is 1. The Morgan fingerprint density at radius 2 is 1.75 bits per heavy atom. The number of anilines is 1. The standard InChI is InChI=1S/C29H22FN5O/c1-2-28(36)32-19-12-18(15-31-16-19)17-10-11-26-23(13-17)29(35-34-26)27-14-22-20(7-5-9-25(22)33-27)21-6-3-4-8-24(21)30/h3-16,33H,2H2,1H3,(H,32,36)(H,34,35). The highest BCUT2D eigenvalue weighted by atomic mass is 19.1. The molecule has 0 saturated heterocycles. The van der Waals surface area contributed by atoms with Crippen molar-refractivity contribution in [1.82, 2.24) is 20.2 Å². The molecule has 3 N–H and O–H groups in total. The third-order valence-corrected chi connectivity index (χ3v) is 6.32. The molecule has 6 aromatic rings. The van der Waals surface area contributed by atoms with Gasteiger partial charge in [0, 0.05) is 40.0 Å². The van der Waals surface area contributed by atoms with E-state index in [9.17, 15) is 9.18 Å². The lowest BCUT2D eigenvalue weighted by Crippen LogP contribution is -2.09. The monoisotopic (exact) mass is 475 g/mol. The van der Waals surface area contributed by atoms with E-state index >= 15 is 0 Å². The predicted octanol–water partition coefficient (Wildman–Crippen LogP) is 6.93. The van der Waals surface area contributed by atoms with E-state index in [1.54, 1.807) is 24.5 Å². The molecule has 3 aromatic heterocycles. The number of amides is 1. The van der Waals surface area contributed by atoms with Crippen LogP contribution in [0.3, 0.4) is 0 Å². The fourth-order valence-electron chi connectivity index (χ4n) is 4.51. The molecule has 0 saturated carbocycles. The molecule has 0 radical (unpaired) electrons. The number of carbonyl (C=O) groups excluding carboxylic acids is 1. The summed E-state index contributed by atoms with van der Waals surface area (Å²) in [4.78, 5) is 19.5. The summed E-state index contributed by atoms with van der Waals surface area (Å²) in [6.45, 7) is 1.81. The van der Waals surface area contributed by atoms with Crippen molar-refractivity contribution in [3.8, 4) is 33.6 Å². The van der Waals surface area contributed by atoms with Gasteiger partial charge in [0.25, 0.3) is 0 Å². The molecule has 176 valence electrons. The minimum atomic E-state index is -0.256. The lowest BCUT2D eigenvalue weighted by Gasteiger charge is -2.06. The number of fused-ring (bicyclic) bond motifs is 2. The third kappa shape index (κ3) is 3.80. The number of H-pyrrole nitrogens is 2. The minimum absolute atomic E-state index is 0.0601. The molecule has 0 aliphatic carbocycles. The maximum atomic E-state index is 14.6. The second kappa shape index (κ2) is 8.78. The maximum Gasteiger partial charge on any atom is 0.224 e. The molecule has 3 heterocycles. The van der Waals surface area contributed by atoms with Crippen LogP contribution in [-0.2, 0) is 4.79 Å². The van der Waals surface area contributed by atoms with E-state index in [1.165, 1.54) is 6.07 Å². The number of halogens is 1. The zero-order valence-electron chi connectivity index (χ0n) is 19.5. The van der Waals surface area contributed by atoms with E-state index in [4.69, 9.17) is 0 Å². The van der Waals surface area contributed by atoms with Crippen molar-refractivity contribution >= 4 is 33.4 Å². The number of hydrogen-bond acceptors (Lipinski definition) is 3. The first-order valence-electron chi connectivity index (χ1n) is 11.7.